The van der Waals surface area contributed by atoms with Crippen LogP contribution in [-0.4, -0.2) is 26.7 Å². The van der Waals surface area contributed by atoms with Crippen LogP contribution in [0.5, 0.6) is 0 Å². The van der Waals surface area contributed by atoms with E-state index in [0.717, 1.165) is 17.0 Å². The first-order valence-corrected chi connectivity index (χ1v) is 9.26. The number of carbonyl (C=O) groups excluding carboxylic acids is 1. The molecular weight excluding hydrogens is 362 g/mol. The number of hydrogen-bond donors (Lipinski definition) is 0. The highest BCUT2D eigenvalue weighted by molar-refractivity contribution is 7.98. The van der Waals surface area contributed by atoms with Crippen LogP contribution in [0.3, 0.4) is 0 Å². The first-order chi connectivity index (χ1) is 12.1. The molecule has 0 saturated heterocycles. The second-order valence-corrected chi connectivity index (χ2v) is 6.59. The van der Waals surface area contributed by atoms with Crippen LogP contribution in [0.25, 0.3) is 5.69 Å². The topological polar surface area (TPSA) is 87.3 Å². The van der Waals surface area contributed by atoms with Crippen molar-refractivity contribution in [3.05, 3.63) is 69.3 Å². The number of ether oxygens (including phenoxy) is 1. The Kier molecular flexibility index (Phi) is 5.15. The Morgan fingerprint density at radius 3 is 2.80 bits per heavy atom. The zero-order chi connectivity index (χ0) is 17.8. The van der Waals surface area contributed by atoms with Gasteiger partial charge in [0.05, 0.1) is 11.1 Å². The summed E-state index contributed by atoms with van der Waals surface area (Å²) in [6, 6.07) is 10.8. The highest BCUT2D eigenvalue weighted by Crippen LogP contribution is 2.25. The molecule has 0 saturated carbocycles. The van der Waals surface area contributed by atoms with Gasteiger partial charge in [0.25, 0.3) is 0 Å². The Hall–Kier alpha value is -2.65. The molecule has 0 fully saturated rings. The normalized spacial score (nSPS) is 10.6. The van der Waals surface area contributed by atoms with Crippen molar-refractivity contribution in [3.8, 4) is 5.69 Å². The highest BCUT2D eigenvalue weighted by Gasteiger charge is 2.19. The maximum atomic E-state index is 12.5. The SMILES string of the molecule is CSc1ncc(C(=O)OCc2csc([N+](=O)[O-])c2)n1-c1ccccc1. The molecular formula is C16H13N3O4S2. The molecule has 0 amide bonds. The number of hydrogen-bond acceptors (Lipinski definition) is 7. The van der Waals surface area contributed by atoms with Gasteiger partial charge in [-0.25, -0.2) is 9.78 Å². The molecule has 0 N–H and O–H groups in total. The summed E-state index contributed by atoms with van der Waals surface area (Å²) in [4.78, 5) is 27.0. The molecule has 0 aliphatic rings. The largest absolute Gasteiger partial charge is 0.456 e. The van der Waals surface area contributed by atoms with Crippen molar-refractivity contribution in [2.24, 2.45) is 0 Å². The van der Waals surface area contributed by atoms with Crippen LogP contribution in [0.1, 0.15) is 16.1 Å². The van der Waals surface area contributed by atoms with Crippen LogP contribution in [0.15, 0.2) is 53.1 Å². The van der Waals surface area contributed by atoms with Gasteiger partial charge in [-0.15, -0.1) is 0 Å². The first kappa shape index (κ1) is 17.2. The molecule has 0 spiro atoms. The summed E-state index contributed by atoms with van der Waals surface area (Å²) in [7, 11) is 0. The van der Waals surface area contributed by atoms with E-state index in [1.807, 2.05) is 36.6 Å². The lowest BCUT2D eigenvalue weighted by molar-refractivity contribution is -0.380. The van der Waals surface area contributed by atoms with Crippen LogP contribution in [-0.2, 0) is 11.3 Å². The number of thiophene rings is 1. The Morgan fingerprint density at radius 1 is 1.40 bits per heavy atom. The Bertz CT molecular complexity index is 905. The van der Waals surface area contributed by atoms with E-state index in [0.29, 0.717) is 16.4 Å². The molecule has 2 aromatic heterocycles. The molecule has 25 heavy (non-hydrogen) atoms. The average molecular weight is 375 g/mol. The summed E-state index contributed by atoms with van der Waals surface area (Å²) in [6.45, 7) is -0.0300. The number of benzene rings is 1. The predicted octanol–water partition coefficient (Wildman–Crippen LogP) is 3.92. The number of aromatic nitrogens is 2. The van der Waals surface area contributed by atoms with E-state index in [2.05, 4.69) is 4.98 Å². The number of esters is 1. The minimum atomic E-state index is -0.537. The standard InChI is InChI=1S/C16H13N3O4S2/c1-24-16-17-8-13(18(16)12-5-3-2-4-6-12)15(20)23-9-11-7-14(19(21)22)25-10-11/h2-8,10H,9H2,1H3. The van der Waals surface area contributed by atoms with E-state index in [-0.39, 0.29) is 11.6 Å². The molecule has 9 heteroatoms. The lowest BCUT2D eigenvalue weighted by Gasteiger charge is -2.10. The van der Waals surface area contributed by atoms with Gasteiger partial charge in [-0.05, 0) is 18.4 Å². The molecule has 128 valence electrons. The van der Waals surface area contributed by atoms with Crippen molar-refractivity contribution in [1.29, 1.82) is 0 Å². The maximum Gasteiger partial charge on any atom is 0.357 e. The molecule has 3 rings (SSSR count). The third kappa shape index (κ3) is 3.72. The Morgan fingerprint density at radius 2 is 2.16 bits per heavy atom. The summed E-state index contributed by atoms with van der Waals surface area (Å²) < 4.78 is 7.03. The van der Waals surface area contributed by atoms with Gasteiger partial charge in [0.2, 0.25) is 0 Å². The van der Waals surface area contributed by atoms with E-state index >= 15 is 0 Å². The average Bonchev–Trinajstić information content (AvgIpc) is 3.27. The lowest BCUT2D eigenvalue weighted by Crippen LogP contribution is -2.11. The van der Waals surface area contributed by atoms with Gasteiger partial charge in [0, 0.05) is 22.7 Å². The van der Waals surface area contributed by atoms with E-state index in [4.69, 9.17) is 4.74 Å². The van der Waals surface area contributed by atoms with E-state index < -0.39 is 10.9 Å². The quantitative estimate of drug-likeness (QED) is 0.281. The fourth-order valence-electron chi connectivity index (χ4n) is 2.21. The van der Waals surface area contributed by atoms with E-state index in [1.54, 1.807) is 9.95 Å². The number of nitro groups is 1. The summed E-state index contributed by atoms with van der Waals surface area (Å²) >= 11 is 2.42. The van der Waals surface area contributed by atoms with Gasteiger partial charge in [-0.1, -0.05) is 41.3 Å². The van der Waals surface area contributed by atoms with Crippen molar-refractivity contribution in [2.45, 2.75) is 11.8 Å². The molecule has 1 aromatic carbocycles. The van der Waals surface area contributed by atoms with Crippen molar-refractivity contribution in [2.75, 3.05) is 6.26 Å². The fourth-order valence-corrected chi connectivity index (χ4v) is 3.46. The zero-order valence-electron chi connectivity index (χ0n) is 13.1. The molecule has 7 nitrogen and oxygen atoms in total. The molecule has 2 heterocycles. The van der Waals surface area contributed by atoms with E-state index in [1.165, 1.54) is 24.0 Å². The smallest absolute Gasteiger partial charge is 0.357 e. The highest BCUT2D eigenvalue weighted by atomic mass is 32.2. The van der Waals surface area contributed by atoms with Crippen molar-refractivity contribution in [3.63, 3.8) is 0 Å². The van der Waals surface area contributed by atoms with Gasteiger partial charge in [-0.3, -0.25) is 14.7 Å². The molecule has 0 radical (unpaired) electrons. The minimum absolute atomic E-state index is 0.0186. The zero-order valence-corrected chi connectivity index (χ0v) is 14.8. The molecule has 0 bridgehead atoms. The lowest BCUT2D eigenvalue weighted by atomic mass is 10.3. The van der Waals surface area contributed by atoms with Crippen LogP contribution in [0.2, 0.25) is 0 Å². The van der Waals surface area contributed by atoms with Gasteiger partial charge in [0.15, 0.2) is 10.9 Å². The van der Waals surface area contributed by atoms with Crippen LogP contribution < -0.4 is 0 Å². The fraction of sp³-hybridized carbons (Fsp3) is 0.125. The molecule has 3 aromatic rings. The van der Waals surface area contributed by atoms with Gasteiger partial charge >= 0.3 is 11.0 Å². The molecule has 0 atom stereocenters. The number of imidazole rings is 1. The molecule has 0 aliphatic heterocycles. The third-order valence-electron chi connectivity index (χ3n) is 3.33. The van der Waals surface area contributed by atoms with Gasteiger partial charge in [0.1, 0.15) is 6.61 Å². The second kappa shape index (κ2) is 7.49. The van der Waals surface area contributed by atoms with E-state index in [9.17, 15) is 14.9 Å². The van der Waals surface area contributed by atoms with Crippen LogP contribution in [0.4, 0.5) is 5.00 Å². The molecule has 0 aliphatic carbocycles. The van der Waals surface area contributed by atoms with Gasteiger partial charge in [-0.2, -0.15) is 0 Å². The summed E-state index contributed by atoms with van der Waals surface area (Å²) in [5.41, 5.74) is 1.70. The Labute approximate surface area is 151 Å². The third-order valence-corrected chi connectivity index (χ3v) is 4.91. The molecule has 0 unspecified atom stereocenters. The summed E-state index contributed by atoms with van der Waals surface area (Å²) in [5.74, 6) is -0.537. The number of thioether (sulfide) groups is 1. The number of carbonyl (C=O) groups is 1. The van der Waals surface area contributed by atoms with Crippen LogP contribution >= 0.6 is 23.1 Å². The predicted molar refractivity (Wildman–Crippen MR) is 95.4 cm³/mol. The summed E-state index contributed by atoms with van der Waals surface area (Å²) in [5, 5.41) is 13.0. The first-order valence-electron chi connectivity index (χ1n) is 7.16. The van der Waals surface area contributed by atoms with Crippen molar-refractivity contribution >= 4 is 34.1 Å². The maximum absolute atomic E-state index is 12.5. The van der Waals surface area contributed by atoms with Crippen LogP contribution in [0, 0.1) is 10.1 Å². The van der Waals surface area contributed by atoms with Crippen molar-refractivity contribution < 1.29 is 14.5 Å². The number of para-hydroxylation sites is 1. The Balaban J connectivity index is 1.80. The minimum Gasteiger partial charge on any atom is -0.456 e. The van der Waals surface area contributed by atoms with Crippen molar-refractivity contribution in [1.82, 2.24) is 9.55 Å². The van der Waals surface area contributed by atoms with Gasteiger partial charge < -0.3 is 4.74 Å². The number of nitrogens with zero attached hydrogens (tertiary/aromatic N) is 3. The second-order valence-electron chi connectivity index (χ2n) is 4.93. The monoisotopic (exact) mass is 375 g/mol. The number of rotatable bonds is 6. The summed E-state index contributed by atoms with van der Waals surface area (Å²) in [6.07, 6.45) is 3.35.